The number of carbonyl (C=O) groups excluding carboxylic acids is 1. The number of nitrogens with zero attached hydrogens (tertiary/aromatic N) is 3. The summed E-state index contributed by atoms with van der Waals surface area (Å²) < 4.78 is 1.91. The maximum Gasteiger partial charge on any atom is 0.335 e. The van der Waals surface area contributed by atoms with Crippen molar-refractivity contribution < 1.29 is 14.7 Å². The minimum atomic E-state index is -0.893. The van der Waals surface area contributed by atoms with Gasteiger partial charge in [-0.15, -0.1) is 0 Å². The third-order valence-electron chi connectivity index (χ3n) is 4.62. The summed E-state index contributed by atoms with van der Waals surface area (Å²) in [6.45, 7) is 2.51. The van der Waals surface area contributed by atoms with Gasteiger partial charge < -0.3 is 19.9 Å². The number of hydrogen-bond donors (Lipinski definition) is 2. The van der Waals surface area contributed by atoms with Crippen LogP contribution in [0.5, 0.6) is 0 Å². The second-order valence-electron chi connectivity index (χ2n) is 6.19. The van der Waals surface area contributed by atoms with Gasteiger partial charge in [0, 0.05) is 38.6 Å². The number of aromatic nitrogens is 2. The third kappa shape index (κ3) is 4.17. The molecule has 0 bridgehead atoms. The average molecular weight is 342 g/mol. The van der Waals surface area contributed by atoms with Gasteiger partial charge in [-0.2, -0.15) is 0 Å². The highest BCUT2D eigenvalue weighted by Gasteiger charge is 2.26. The van der Waals surface area contributed by atoms with Gasteiger partial charge in [-0.3, -0.25) is 0 Å². The van der Waals surface area contributed by atoms with E-state index in [0.29, 0.717) is 31.7 Å². The predicted molar refractivity (Wildman–Crippen MR) is 92.6 cm³/mol. The number of urea groups is 1. The van der Waals surface area contributed by atoms with Crippen LogP contribution in [0.4, 0.5) is 4.79 Å². The first kappa shape index (κ1) is 17.0. The molecule has 2 N–H and O–H groups in total. The highest BCUT2D eigenvalue weighted by Crippen LogP contribution is 2.30. The van der Waals surface area contributed by atoms with Crippen LogP contribution in [0.15, 0.2) is 43.0 Å². The molecule has 0 unspecified atom stereocenters. The molecular formula is C18H22N4O3. The molecule has 1 saturated heterocycles. The van der Waals surface area contributed by atoms with Crippen LogP contribution in [-0.2, 0) is 6.54 Å². The summed E-state index contributed by atoms with van der Waals surface area (Å²) in [7, 11) is 0. The average Bonchev–Trinajstić information content (AvgIpc) is 3.15. The Morgan fingerprint density at radius 3 is 2.68 bits per heavy atom. The third-order valence-corrected chi connectivity index (χ3v) is 4.62. The fraction of sp³-hybridized carbons (Fsp3) is 0.389. The molecule has 1 aliphatic heterocycles. The Labute approximate surface area is 146 Å². The molecule has 7 nitrogen and oxygen atoms in total. The second-order valence-corrected chi connectivity index (χ2v) is 6.19. The molecule has 2 heterocycles. The number of carboxylic acid groups (broad SMARTS) is 1. The topological polar surface area (TPSA) is 87.5 Å². The van der Waals surface area contributed by atoms with Crippen LogP contribution in [0.2, 0.25) is 0 Å². The molecule has 2 aromatic rings. The van der Waals surface area contributed by atoms with E-state index >= 15 is 0 Å². The SMILES string of the molecule is O=C(O)c1ccccc1C1CCN(C(=O)NCCn2ccnc2)CC1. The first-order valence-electron chi connectivity index (χ1n) is 8.46. The summed E-state index contributed by atoms with van der Waals surface area (Å²) in [6.07, 6.45) is 6.84. The Hall–Kier alpha value is -2.83. The quantitative estimate of drug-likeness (QED) is 0.872. The lowest BCUT2D eigenvalue weighted by Gasteiger charge is -2.32. The number of amides is 2. The van der Waals surface area contributed by atoms with Crippen LogP contribution >= 0.6 is 0 Å². The van der Waals surface area contributed by atoms with Crippen molar-refractivity contribution in [3.63, 3.8) is 0 Å². The molecule has 0 aliphatic carbocycles. The van der Waals surface area contributed by atoms with E-state index in [2.05, 4.69) is 10.3 Å². The van der Waals surface area contributed by atoms with E-state index in [1.165, 1.54) is 0 Å². The zero-order chi connectivity index (χ0) is 17.6. The van der Waals surface area contributed by atoms with E-state index < -0.39 is 5.97 Å². The zero-order valence-electron chi connectivity index (χ0n) is 14.0. The fourth-order valence-corrected chi connectivity index (χ4v) is 3.26. The van der Waals surface area contributed by atoms with Gasteiger partial charge >= 0.3 is 12.0 Å². The lowest BCUT2D eigenvalue weighted by atomic mass is 9.86. The van der Waals surface area contributed by atoms with Crippen LogP contribution in [0.1, 0.15) is 34.7 Å². The van der Waals surface area contributed by atoms with Crippen molar-refractivity contribution in [2.75, 3.05) is 19.6 Å². The lowest BCUT2D eigenvalue weighted by Crippen LogP contribution is -2.45. The van der Waals surface area contributed by atoms with Gasteiger partial charge in [0.05, 0.1) is 11.9 Å². The number of imidazole rings is 1. The largest absolute Gasteiger partial charge is 0.478 e. The molecule has 7 heteroatoms. The summed E-state index contributed by atoms with van der Waals surface area (Å²) in [5.74, 6) is -0.711. The lowest BCUT2D eigenvalue weighted by molar-refractivity contribution is 0.0694. The van der Waals surface area contributed by atoms with Gasteiger partial charge in [0.15, 0.2) is 0 Å². The Balaban J connectivity index is 1.50. The van der Waals surface area contributed by atoms with Gasteiger partial charge in [-0.1, -0.05) is 18.2 Å². The van der Waals surface area contributed by atoms with Crippen molar-refractivity contribution in [2.24, 2.45) is 0 Å². The van der Waals surface area contributed by atoms with E-state index in [1.54, 1.807) is 29.6 Å². The van der Waals surface area contributed by atoms with E-state index in [4.69, 9.17) is 0 Å². The van der Waals surface area contributed by atoms with Gasteiger partial charge in [0.25, 0.3) is 0 Å². The van der Waals surface area contributed by atoms with E-state index in [-0.39, 0.29) is 11.9 Å². The summed E-state index contributed by atoms with van der Waals surface area (Å²) in [6, 6.07) is 7.08. The molecule has 132 valence electrons. The number of benzene rings is 1. The van der Waals surface area contributed by atoms with Crippen LogP contribution < -0.4 is 5.32 Å². The Kier molecular flexibility index (Phi) is 5.33. The first-order valence-corrected chi connectivity index (χ1v) is 8.46. The number of rotatable bonds is 5. The molecule has 1 aromatic carbocycles. The Morgan fingerprint density at radius 2 is 2.00 bits per heavy atom. The van der Waals surface area contributed by atoms with Crippen LogP contribution in [0, 0.1) is 0 Å². The van der Waals surface area contributed by atoms with Crippen molar-refractivity contribution in [1.82, 2.24) is 19.8 Å². The molecule has 1 fully saturated rings. The number of likely N-dealkylation sites (tertiary alicyclic amines) is 1. The highest BCUT2D eigenvalue weighted by atomic mass is 16.4. The standard InChI is InChI=1S/C18H22N4O3/c23-17(24)16-4-2-1-3-15(16)14-5-9-22(10-6-14)18(25)20-8-12-21-11-7-19-13-21/h1-4,7,11,13-14H,5-6,8-10,12H2,(H,20,25)(H,23,24). The Bertz CT molecular complexity index is 722. The molecule has 0 atom stereocenters. The van der Waals surface area contributed by atoms with Crippen molar-refractivity contribution in [3.8, 4) is 0 Å². The first-order chi connectivity index (χ1) is 12.1. The molecule has 0 saturated carbocycles. The Morgan fingerprint density at radius 1 is 1.24 bits per heavy atom. The molecule has 2 amide bonds. The predicted octanol–water partition coefficient (Wildman–Crippen LogP) is 2.17. The maximum atomic E-state index is 12.2. The van der Waals surface area contributed by atoms with Crippen LogP contribution in [0.3, 0.4) is 0 Å². The van der Waals surface area contributed by atoms with Gasteiger partial charge in [-0.25, -0.2) is 14.6 Å². The highest BCUT2D eigenvalue weighted by molar-refractivity contribution is 5.89. The molecular weight excluding hydrogens is 320 g/mol. The van der Waals surface area contributed by atoms with Gasteiger partial charge in [0.2, 0.25) is 0 Å². The van der Waals surface area contributed by atoms with Crippen molar-refractivity contribution in [2.45, 2.75) is 25.3 Å². The number of piperidine rings is 1. The van der Waals surface area contributed by atoms with Crippen molar-refractivity contribution >= 4 is 12.0 Å². The summed E-state index contributed by atoms with van der Waals surface area (Å²) in [5.41, 5.74) is 1.24. The monoisotopic (exact) mass is 342 g/mol. The summed E-state index contributed by atoms with van der Waals surface area (Å²) in [4.78, 5) is 29.4. The van der Waals surface area contributed by atoms with E-state index in [0.717, 1.165) is 18.4 Å². The number of hydrogen-bond acceptors (Lipinski definition) is 3. The second kappa shape index (κ2) is 7.83. The smallest absolute Gasteiger partial charge is 0.335 e. The van der Waals surface area contributed by atoms with E-state index in [9.17, 15) is 14.7 Å². The number of nitrogens with one attached hydrogen (secondary N) is 1. The molecule has 25 heavy (non-hydrogen) atoms. The van der Waals surface area contributed by atoms with Crippen molar-refractivity contribution in [3.05, 3.63) is 54.1 Å². The molecule has 0 radical (unpaired) electrons. The van der Waals surface area contributed by atoms with Crippen LogP contribution in [-0.4, -0.2) is 51.2 Å². The minimum Gasteiger partial charge on any atom is -0.478 e. The number of aromatic carboxylic acids is 1. The van der Waals surface area contributed by atoms with Gasteiger partial charge in [-0.05, 0) is 30.4 Å². The van der Waals surface area contributed by atoms with E-state index in [1.807, 2.05) is 22.9 Å². The zero-order valence-corrected chi connectivity index (χ0v) is 14.0. The normalized spacial score (nSPS) is 15.1. The molecule has 1 aromatic heterocycles. The number of carbonyl (C=O) groups is 2. The van der Waals surface area contributed by atoms with Crippen molar-refractivity contribution in [1.29, 1.82) is 0 Å². The maximum absolute atomic E-state index is 12.2. The fourth-order valence-electron chi connectivity index (χ4n) is 3.26. The molecule has 1 aliphatic rings. The summed E-state index contributed by atoms with van der Waals surface area (Å²) >= 11 is 0. The van der Waals surface area contributed by atoms with Crippen LogP contribution in [0.25, 0.3) is 0 Å². The van der Waals surface area contributed by atoms with Gasteiger partial charge in [0.1, 0.15) is 0 Å². The number of carboxylic acids is 1. The summed E-state index contributed by atoms with van der Waals surface area (Å²) in [5, 5.41) is 12.3. The molecule has 0 spiro atoms. The molecule has 3 rings (SSSR count). The minimum absolute atomic E-state index is 0.0647.